The molecule has 150 valence electrons. The first-order valence-corrected chi connectivity index (χ1v) is 9.22. The molecular weight excluding hydrogens is 396 g/mol. The molecule has 0 unspecified atom stereocenters. The number of carbonyl (C=O) groups is 3. The van der Waals surface area contributed by atoms with Crippen molar-refractivity contribution in [3.63, 3.8) is 0 Å². The standard InChI is InChI=1S/C21H19ClN2O5/c1-4-29-18-11-14(28-3)9-8-13(18)10-15-19(25)23-21(27)24(20(15)26)17-7-5-6-16(22)12(17)2/h5-11H,4H2,1-3H3,(H,23,25,27)/b15-10+. The SMILES string of the molecule is CCOc1cc(OC)ccc1/C=C1\C(=O)NC(=O)N(c2cccc(Cl)c2C)C1=O. The van der Waals surface area contributed by atoms with Crippen LogP contribution in [0, 0.1) is 6.92 Å². The molecule has 1 saturated heterocycles. The highest BCUT2D eigenvalue weighted by Crippen LogP contribution is 2.31. The van der Waals surface area contributed by atoms with Gasteiger partial charge in [-0.05, 0) is 49.8 Å². The van der Waals surface area contributed by atoms with Gasteiger partial charge in [0.05, 0.1) is 19.4 Å². The topological polar surface area (TPSA) is 84.9 Å². The van der Waals surface area contributed by atoms with Crippen molar-refractivity contribution in [1.29, 1.82) is 0 Å². The quantitative estimate of drug-likeness (QED) is 0.595. The molecular formula is C21H19ClN2O5. The minimum atomic E-state index is -0.831. The van der Waals surface area contributed by atoms with Gasteiger partial charge < -0.3 is 9.47 Å². The Balaban J connectivity index is 2.08. The maximum Gasteiger partial charge on any atom is 0.335 e. The number of hydrogen-bond acceptors (Lipinski definition) is 5. The van der Waals surface area contributed by atoms with Crippen molar-refractivity contribution < 1.29 is 23.9 Å². The number of imide groups is 2. The van der Waals surface area contributed by atoms with E-state index in [4.69, 9.17) is 21.1 Å². The second-order valence-electron chi connectivity index (χ2n) is 6.18. The van der Waals surface area contributed by atoms with E-state index in [9.17, 15) is 14.4 Å². The third-order valence-electron chi connectivity index (χ3n) is 4.40. The van der Waals surface area contributed by atoms with Crippen molar-refractivity contribution in [3.8, 4) is 11.5 Å². The number of barbiturate groups is 1. The third kappa shape index (κ3) is 3.95. The van der Waals surface area contributed by atoms with Gasteiger partial charge >= 0.3 is 6.03 Å². The number of rotatable bonds is 5. The molecule has 0 atom stereocenters. The average Bonchev–Trinajstić information content (AvgIpc) is 2.69. The number of urea groups is 1. The Bertz CT molecular complexity index is 1030. The Labute approximate surface area is 172 Å². The van der Waals surface area contributed by atoms with Gasteiger partial charge in [0, 0.05) is 16.7 Å². The van der Waals surface area contributed by atoms with E-state index in [0.29, 0.717) is 39.9 Å². The van der Waals surface area contributed by atoms with E-state index in [1.165, 1.54) is 13.2 Å². The maximum absolute atomic E-state index is 13.1. The first-order chi connectivity index (χ1) is 13.9. The maximum atomic E-state index is 13.1. The summed E-state index contributed by atoms with van der Waals surface area (Å²) in [5.74, 6) is -0.514. The van der Waals surface area contributed by atoms with Crippen LogP contribution < -0.4 is 19.7 Å². The zero-order valence-electron chi connectivity index (χ0n) is 16.1. The van der Waals surface area contributed by atoms with Gasteiger partial charge in [0.1, 0.15) is 17.1 Å². The normalized spacial score (nSPS) is 15.5. The molecule has 0 aliphatic carbocycles. The molecule has 29 heavy (non-hydrogen) atoms. The van der Waals surface area contributed by atoms with Crippen LogP contribution in [0.15, 0.2) is 42.0 Å². The van der Waals surface area contributed by atoms with E-state index in [-0.39, 0.29) is 5.57 Å². The van der Waals surface area contributed by atoms with Crippen LogP contribution in [0.4, 0.5) is 10.5 Å². The Morgan fingerprint density at radius 2 is 1.93 bits per heavy atom. The van der Waals surface area contributed by atoms with E-state index in [0.717, 1.165) is 4.90 Å². The highest BCUT2D eigenvalue weighted by atomic mass is 35.5. The summed E-state index contributed by atoms with van der Waals surface area (Å²) in [4.78, 5) is 38.8. The van der Waals surface area contributed by atoms with Gasteiger partial charge in [-0.1, -0.05) is 17.7 Å². The molecule has 1 N–H and O–H groups in total. The summed E-state index contributed by atoms with van der Waals surface area (Å²) in [6.45, 7) is 3.89. The highest BCUT2D eigenvalue weighted by Gasteiger charge is 2.37. The molecule has 7 nitrogen and oxygen atoms in total. The van der Waals surface area contributed by atoms with E-state index in [1.807, 2.05) is 6.92 Å². The third-order valence-corrected chi connectivity index (χ3v) is 4.81. The molecule has 1 heterocycles. The van der Waals surface area contributed by atoms with E-state index in [2.05, 4.69) is 5.32 Å². The zero-order valence-corrected chi connectivity index (χ0v) is 16.9. The van der Waals surface area contributed by atoms with E-state index in [1.54, 1.807) is 43.3 Å². The van der Waals surface area contributed by atoms with Crippen molar-refractivity contribution in [1.82, 2.24) is 5.32 Å². The Morgan fingerprint density at radius 3 is 2.62 bits per heavy atom. The van der Waals surface area contributed by atoms with Crippen LogP contribution in [0.1, 0.15) is 18.1 Å². The van der Waals surface area contributed by atoms with Crippen LogP contribution in [-0.4, -0.2) is 31.6 Å². The van der Waals surface area contributed by atoms with Crippen LogP contribution in [-0.2, 0) is 9.59 Å². The lowest BCUT2D eigenvalue weighted by atomic mass is 10.0. The second-order valence-corrected chi connectivity index (χ2v) is 6.59. The van der Waals surface area contributed by atoms with Crippen molar-refractivity contribution in [3.05, 3.63) is 58.1 Å². The molecule has 3 rings (SSSR count). The van der Waals surface area contributed by atoms with E-state index >= 15 is 0 Å². The number of anilines is 1. The number of carbonyl (C=O) groups excluding carboxylic acids is 3. The molecule has 0 spiro atoms. The highest BCUT2D eigenvalue weighted by molar-refractivity contribution is 6.40. The van der Waals surface area contributed by atoms with Crippen LogP contribution >= 0.6 is 11.6 Å². The number of ether oxygens (including phenoxy) is 2. The molecule has 0 aromatic heterocycles. The minimum absolute atomic E-state index is 0.199. The van der Waals surface area contributed by atoms with Gasteiger partial charge in [-0.25, -0.2) is 9.69 Å². The van der Waals surface area contributed by atoms with Crippen LogP contribution in [0.3, 0.4) is 0 Å². The number of nitrogens with one attached hydrogen (secondary N) is 1. The van der Waals surface area contributed by atoms with Gasteiger partial charge in [0.2, 0.25) is 0 Å². The molecule has 8 heteroatoms. The van der Waals surface area contributed by atoms with Crippen molar-refractivity contribution in [2.45, 2.75) is 13.8 Å². The summed E-state index contributed by atoms with van der Waals surface area (Å²) in [5.41, 5.74) is 1.15. The molecule has 4 amide bonds. The monoisotopic (exact) mass is 414 g/mol. The number of benzene rings is 2. The molecule has 1 fully saturated rings. The number of amides is 4. The zero-order chi connectivity index (χ0) is 21.1. The molecule has 0 saturated carbocycles. The molecule has 0 radical (unpaired) electrons. The van der Waals surface area contributed by atoms with Crippen LogP contribution in [0.2, 0.25) is 5.02 Å². The van der Waals surface area contributed by atoms with Gasteiger partial charge in [0.25, 0.3) is 11.8 Å². The largest absolute Gasteiger partial charge is 0.497 e. The lowest BCUT2D eigenvalue weighted by Crippen LogP contribution is -2.54. The first-order valence-electron chi connectivity index (χ1n) is 8.84. The fourth-order valence-corrected chi connectivity index (χ4v) is 3.08. The van der Waals surface area contributed by atoms with Crippen molar-refractivity contribution in [2.75, 3.05) is 18.6 Å². The fraction of sp³-hybridized carbons (Fsp3) is 0.190. The van der Waals surface area contributed by atoms with Crippen LogP contribution in [0.25, 0.3) is 6.08 Å². The summed E-state index contributed by atoms with van der Waals surface area (Å²) in [5, 5.41) is 2.60. The first kappa shape index (κ1) is 20.4. The van der Waals surface area contributed by atoms with E-state index < -0.39 is 17.8 Å². The van der Waals surface area contributed by atoms with Gasteiger partial charge in [-0.3, -0.25) is 14.9 Å². The molecule has 1 aliphatic heterocycles. The summed E-state index contributed by atoms with van der Waals surface area (Å²) in [6, 6.07) is 9.05. The fourth-order valence-electron chi connectivity index (χ4n) is 2.91. The average molecular weight is 415 g/mol. The lowest BCUT2D eigenvalue weighted by Gasteiger charge is -2.27. The summed E-state index contributed by atoms with van der Waals surface area (Å²) in [6.07, 6.45) is 1.39. The molecule has 0 bridgehead atoms. The predicted octanol–water partition coefficient (Wildman–Crippen LogP) is 3.72. The molecule has 2 aromatic rings. The summed E-state index contributed by atoms with van der Waals surface area (Å²) in [7, 11) is 1.53. The number of hydrogen-bond donors (Lipinski definition) is 1. The Morgan fingerprint density at radius 1 is 1.17 bits per heavy atom. The summed E-state index contributed by atoms with van der Waals surface area (Å²) >= 11 is 6.13. The number of nitrogens with zero attached hydrogens (tertiary/aromatic N) is 1. The predicted molar refractivity (Wildman–Crippen MR) is 109 cm³/mol. The van der Waals surface area contributed by atoms with Gasteiger partial charge in [-0.15, -0.1) is 0 Å². The molecule has 2 aromatic carbocycles. The number of halogens is 1. The van der Waals surface area contributed by atoms with Crippen LogP contribution in [0.5, 0.6) is 11.5 Å². The summed E-state index contributed by atoms with van der Waals surface area (Å²) < 4.78 is 10.8. The number of methoxy groups -OCH3 is 1. The van der Waals surface area contributed by atoms with Crippen molar-refractivity contribution >= 4 is 41.2 Å². The van der Waals surface area contributed by atoms with Crippen molar-refractivity contribution in [2.24, 2.45) is 0 Å². The smallest absolute Gasteiger partial charge is 0.335 e. The minimum Gasteiger partial charge on any atom is -0.497 e. The Kier molecular flexibility index (Phi) is 5.89. The second kappa shape index (κ2) is 8.36. The molecule has 1 aliphatic rings. The van der Waals surface area contributed by atoms with Gasteiger partial charge in [0.15, 0.2) is 0 Å². The lowest BCUT2D eigenvalue weighted by molar-refractivity contribution is -0.122. The van der Waals surface area contributed by atoms with Gasteiger partial charge in [-0.2, -0.15) is 0 Å². The Hall–Kier alpha value is -3.32.